The van der Waals surface area contributed by atoms with Crippen LogP contribution in [0.5, 0.6) is 5.75 Å². The number of ether oxygens (including phenoxy) is 1. The molecule has 1 heterocycles. The van der Waals surface area contributed by atoms with E-state index < -0.39 is 0 Å². The Balaban J connectivity index is 1.88. The van der Waals surface area contributed by atoms with Crippen molar-refractivity contribution in [2.45, 2.75) is 6.54 Å². The van der Waals surface area contributed by atoms with Gasteiger partial charge in [-0.25, -0.2) is 0 Å². The number of halogens is 1. The highest BCUT2D eigenvalue weighted by atomic mass is 79.9. The van der Waals surface area contributed by atoms with E-state index in [1.165, 1.54) is 0 Å². The Kier molecular flexibility index (Phi) is 3.74. The van der Waals surface area contributed by atoms with Gasteiger partial charge in [0.15, 0.2) is 0 Å². The van der Waals surface area contributed by atoms with E-state index in [4.69, 9.17) is 4.74 Å². The number of amides is 1. The van der Waals surface area contributed by atoms with E-state index >= 15 is 0 Å². The molecule has 20 heavy (non-hydrogen) atoms. The molecule has 3 nitrogen and oxygen atoms in total. The van der Waals surface area contributed by atoms with Crippen molar-refractivity contribution in [3.05, 3.63) is 64.1 Å². The van der Waals surface area contributed by atoms with E-state index in [1.54, 1.807) is 0 Å². The number of benzene rings is 2. The normalized spacial score (nSPS) is 14.4. The third-order valence-corrected chi connectivity index (χ3v) is 4.12. The quantitative estimate of drug-likeness (QED) is 0.843. The van der Waals surface area contributed by atoms with E-state index in [0.29, 0.717) is 31.0 Å². The first-order valence-electron chi connectivity index (χ1n) is 6.50. The van der Waals surface area contributed by atoms with E-state index in [0.717, 1.165) is 10.0 Å². The van der Waals surface area contributed by atoms with Gasteiger partial charge in [-0.2, -0.15) is 0 Å². The Bertz CT molecular complexity index is 642. The van der Waals surface area contributed by atoms with Crippen LogP contribution in [0.4, 0.5) is 0 Å². The minimum atomic E-state index is 0.0221. The van der Waals surface area contributed by atoms with E-state index in [9.17, 15) is 4.79 Å². The molecule has 0 bridgehead atoms. The maximum atomic E-state index is 12.6. The van der Waals surface area contributed by atoms with Crippen LogP contribution in [0.15, 0.2) is 53.0 Å². The van der Waals surface area contributed by atoms with Crippen LogP contribution >= 0.6 is 15.9 Å². The van der Waals surface area contributed by atoms with Crippen molar-refractivity contribution in [1.29, 1.82) is 0 Å². The molecular weight excluding hydrogens is 318 g/mol. The average Bonchev–Trinajstić information content (AvgIpc) is 2.62. The summed E-state index contributed by atoms with van der Waals surface area (Å²) in [4.78, 5) is 14.4. The summed E-state index contributed by atoms with van der Waals surface area (Å²) in [6, 6.07) is 15.4. The summed E-state index contributed by atoms with van der Waals surface area (Å²) in [5.41, 5.74) is 1.73. The van der Waals surface area contributed by atoms with Gasteiger partial charge in [0, 0.05) is 11.0 Å². The summed E-state index contributed by atoms with van der Waals surface area (Å²) in [5.74, 6) is 0.695. The largest absolute Gasteiger partial charge is 0.491 e. The van der Waals surface area contributed by atoms with Crippen LogP contribution in [0.2, 0.25) is 0 Å². The molecule has 0 fully saturated rings. The lowest BCUT2D eigenvalue weighted by Crippen LogP contribution is -2.31. The first kappa shape index (κ1) is 13.2. The first-order valence-corrected chi connectivity index (χ1v) is 7.29. The lowest BCUT2D eigenvalue weighted by Gasteiger charge is -2.20. The van der Waals surface area contributed by atoms with Crippen molar-refractivity contribution in [1.82, 2.24) is 4.90 Å². The van der Waals surface area contributed by atoms with Crippen LogP contribution in [0, 0.1) is 0 Å². The molecule has 0 aromatic heterocycles. The summed E-state index contributed by atoms with van der Waals surface area (Å²) in [7, 11) is 0. The number of carbonyl (C=O) groups excluding carboxylic acids is 1. The van der Waals surface area contributed by atoms with Gasteiger partial charge < -0.3 is 9.64 Å². The Morgan fingerprint density at radius 2 is 1.85 bits per heavy atom. The third-order valence-electron chi connectivity index (χ3n) is 3.34. The van der Waals surface area contributed by atoms with Crippen molar-refractivity contribution in [3.63, 3.8) is 0 Å². The zero-order chi connectivity index (χ0) is 13.9. The number of hydrogen-bond donors (Lipinski definition) is 0. The van der Waals surface area contributed by atoms with Crippen molar-refractivity contribution >= 4 is 21.8 Å². The molecule has 0 radical (unpaired) electrons. The van der Waals surface area contributed by atoms with Gasteiger partial charge in [-0.15, -0.1) is 0 Å². The molecule has 0 atom stereocenters. The van der Waals surface area contributed by atoms with E-state index in [1.807, 2.05) is 53.4 Å². The second-order valence-corrected chi connectivity index (χ2v) is 5.52. The Labute approximate surface area is 126 Å². The monoisotopic (exact) mass is 331 g/mol. The van der Waals surface area contributed by atoms with Gasteiger partial charge in [0.1, 0.15) is 12.4 Å². The number of hydrogen-bond acceptors (Lipinski definition) is 2. The zero-order valence-electron chi connectivity index (χ0n) is 10.9. The average molecular weight is 332 g/mol. The molecule has 2 aromatic carbocycles. The molecule has 1 aliphatic rings. The maximum Gasteiger partial charge on any atom is 0.258 e. The molecule has 0 N–H and O–H groups in total. The molecular formula is C16H14BrNO2. The number of para-hydroxylation sites is 1. The van der Waals surface area contributed by atoms with Crippen LogP contribution in [-0.2, 0) is 6.54 Å². The number of nitrogens with zero attached hydrogens (tertiary/aromatic N) is 1. The van der Waals surface area contributed by atoms with Crippen LogP contribution in [-0.4, -0.2) is 24.0 Å². The Morgan fingerprint density at radius 1 is 1.10 bits per heavy atom. The lowest BCUT2D eigenvalue weighted by molar-refractivity contribution is 0.0742. The van der Waals surface area contributed by atoms with Gasteiger partial charge >= 0.3 is 0 Å². The first-order chi connectivity index (χ1) is 9.75. The molecule has 0 unspecified atom stereocenters. The number of carbonyl (C=O) groups is 1. The standard InChI is InChI=1S/C16H14BrNO2/c17-14-7-3-1-5-12(14)11-18-9-10-20-15-8-4-2-6-13(15)16(18)19/h1-8H,9-11H2. The van der Waals surface area contributed by atoms with Crippen LogP contribution in [0.1, 0.15) is 15.9 Å². The third kappa shape index (κ3) is 2.56. The molecule has 1 amide bonds. The van der Waals surface area contributed by atoms with Crippen molar-refractivity contribution < 1.29 is 9.53 Å². The maximum absolute atomic E-state index is 12.6. The fraction of sp³-hybridized carbons (Fsp3) is 0.188. The second-order valence-electron chi connectivity index (χ2n) is 4.66. The van der Waals surface area contributed by atoms with Crippen LogP contribution < -0.4 is 4.74 Å². The van der Waals surface area contributed by atoms with Gasteiger partial charge in [0.25, 0.3) is 5.91 Å². The molecule has 0 saturated heterocycles. The summed E-state index contributed by atoms with van der Waals surface area (Å²) in [5, 5.41) is 0. The summed E-state index contributed by atoms with van der Waals surface area (Å²) < 4.78 is 6.66. The molecule has 0 spiro atoms. The molecule has 0 aliphatic carbocycles. The van der Waals surface area contributed by atoms with Gasteiger partial charge in [-0.1, -0.05) is 46.3 Å². The Hall–Kier alpha value is -1.81. The lowest BCUT2D eigenvalue weighted by atomic mass is 10.1. The fourth-order valence-electron chi connectivity index (χ4n) is 2.29. The molecule has 3 rings (SSSR count). The molecule has 1 aliphatic heterocycles. The van der Waals surface area contributed by atoms with Gasteiger partial charge in [0.2, 0.25) is 0 Å². The molecule has 102 valence electrons. The topological polar surface area (TPSA) is 29.5 Å². The molecule has 4 heteroatoms. The van der Waals surface area contributed by atoms with Crippen molar-refractivity contribution in [2.24, 2.45) is 0 Å². The van der Waals surface area contributed by atoms with Gasteiger partial charge in [-0.05, 0) is 23.8 Å². The zero-order valence-corrected chi connectivity index (χ0v) is 12.5. The van der Waals surface area contributed by atoms with Crippen molar-refractivity contribution in [3.8, 4) is 5.75 Å². The smallest absolute Gasteiger partial charge is 0.258 e. The number of fused-ring (bicyclic) bond motifs is 1. The Morgan fingerprint density at radius 3 is 2.70 bits per heavy atom. The predicted molar refractivity (Wildman–Crippen MR) is 80.8 cm³/mol. The van der Waals surface area contributed by atoms with Crippen LogP contribution in [0.25, 0.3) is 0 Å². The highest BCUT2D eigenvalue weighted by molar-refractivity contribution is 9.10. The number of rotatable bonds is 2. The fourth-order valence-corrected chi connectivity index (χ4v) is 2.70. The minimum Gasteiger partial charge on any atom is -0.491 e. The van der Waals surface area contributed by atoms with E-state index in [2.05, 4.69) is 15.9 Å². The molecule has 0 saturated carbocycles. The highest BCUT2D eigenvalue weighted by Gasteiger charge is 2.23. The summed E-state index contributed by atoms with van der Waals surface area (Å²) in [6.45, 7) is 1.69. The summed E-state index contributed by atoms with van der Waals surface area (Å²) >= 11 is 3.53. The van der Waals surface area contributed by atoms with Gasteiger partial charge in [-0.3, -0.25) is 4.79 Å². The predicted octanol–water partition coefficient (Wildman–Crippen LogP) is 3.48. The van der Waals surface area contributed by atoms with Crippen LogP contribution in [0.3, 0.4) is 0 Å². The molecule has 2 aromatic rings. The highest BCUT2D eigenvalue weighted by Crippen LogP contribution is 2.25. The minimum absolute atomic E-state index is 0.0221. The van der Waals surface area contributed by atoms with E-state index in [-0.39, 0.29) is 5.91 Å². The SMILES string of the molecule is O=C1c2ccccc2OCCN1Cc1ccccc1Br. The summed E-state index contributed by atoms with van der Waals surface area (Å²) in [6.07, 6.45) is 0. The van der Waals surface area contributed by atoms with Crippen molar-refractivity contribution in [2.75, 3.05) is 13.2 Å². The second kappa shape index (κ2) is 5.67. The van der Waals surface area contributed by atoms with Gasteiger partial charge in [0.05, 0.1) is 12.1 Å².